The first-order valence-electron chi connectivity index (χ1n) is 8.46. The van der Waals surface area contributed by atoms with Crippen LogP contribution in [0.25, 0.3) is 0 Å². The number of nitrogens with one attached hydrogen (secondary N) is 2. The Balaban J connectivity index is 2.28. The molecule has 1 aromatic carbocycles. The van der Waals surface area contributed by atoms with E-state index in [0.717, 1.165) is 5.56 Å². The number of hydrogen-bond acceptors (Lipinski definition) is 8. The number of nitrogens with zero attached hydrogens (tertiary/aromatic N) is 2. The van der Waals surface area contributed by atoms with Crippen LogP contribution in [0.5, 0.6) is 11.9 Å². The number of carbonyl (C=O) groups excluding carboxylic acids is 2. The van der Waals surface area contributed by atoms with Gasteiger partial charge in [-0.2, -0.15) is 9.97 Å². The topological polar surface area (TPSA) is 112 Å². The molecule has 1 amide bonds. The van der Waals surface area contributed by atoms with Gasteiger partial charge >= 0.3 is 12.0 Å². The summed E-state index contributed by atoms with van der Waals surface area (Å²) in [6.45, 7) is 3.63. The monoisotopic (exact) mass is 386 g/mol. The van der Waals surface area contributed by atoms with Crippen LogP contribution >= 0.6 is 0 Å². The van der Waals surface area contributed by atoms with E-state index in [1.54, 1.807) is 19.1 Å². The number of aromatic nitrogens is 2. The van der Waals surface area contributed by atoms with Crippen molar-refractivity contribution in [2.24, 2.45) is 0 Å². The molecule has 148 valence electrons. The number of ether oxygens (including phenoxy) is 3. The van der Waals surface area contributed by atoms with Gasteiger partial charge in [-0.25, -0.2) is 4.79 Å². The molecule has 0 aliphatic heterocycles. The van der Waals surface area contributed by atoms with E-state index in [4.69, 9.17) is 14.2 Å². The molecule has 1 aromatic heterocycles. The van der Waals surface area contributed by atoms with Crippen LogP contribution in [0.4, 0.5) is 11.5 Å². The fourth-order valence-corrected chi connectivity index (χ4v) is 2.15. The molecule has 0 bridgehead atoms. The maximum Gasteiger partial charge on any atom is 0.345 e. The Morgan fingerprint density at radius 3 is 2.54 bits per heavy atom. The minimum atomic E-state index is -0.769. The molecule has 28 heavy (non-hydrogen) atoms. The van der Waals surface area contributed by atoms with Crippen molar-refractivity contribution in [2.45, 2.75) is 13.8 Å². The number of carbonyl (C=O) groups is 2. The van der Waals surface area contributed by atoms with Gasteiger partial charge in [0.05, 0.1) is 20.8 Å². The summed E-state index contributed by atoms with van der Waals surface area (Å²) < 4.78 is 15.0. The van der Waals surface area contributed by atoms with Gasteiger partial charge in [-0.15, -0.1) is 0 Å². The summed E-state index contributed by atoms with van der Waals surface area (Å²) in [4.78, 5) is 33.0. The van der Waals surface area contributed by atoms with Crippen molar-refractivity contribution < 1.29 is 23.8 Å². The van der Waals surface area contributed by atoms with E-state index >= 15 is 0 Å². The third-order valence-electron chi connectivity index (χ3n) is 3.57. The summed E-state index contributed by atoms with van der Waals surface area (Å²) in [7, 11) is 2.86. The van der Waals surface area contributed by atoms with Crippen LogP contribution in [0, 0.1) is 6.92 Å². The minimum Gasteiger partial charge on any atom is -0.481 e. The normalized spacial score (nSPS) is 10.8. The lowest BCUT2D eigenvalue weighted by atomic mass is 10.2. The van der Waals surface area contributed by atoms with Crippen molar-refractivity contribution in [2.75, 3.05) is 31.5 Å². The van der Waals surface area contributed by atoms with E-state index in [2.05, 4.69) is 20.6 Å². The van der Waals surface area contributed by atoms with Gasteiger partial charge in [0.25, 0.3) is 5.91 Å². The first-order valence-corrected chi connectivity index (χ1v) is 8.46. The van der Waals surface area contributed by atoms with Gasteiger partial charge in [0, 0.05) is 18.0 Å². The average Bonchev–Trinajstić information content (AvgIpc) is 2.69. The van der Waals surface area contributed by atoms with E-state index in [1.807, 2.05) is 19.1 Å². The fraction of sp³-hybridized carbons (Fsp3) is 0.263. The van der Waals surface area contributed by atoms with Gasteiger partial charge in [0.15, 0.2) is 0 Å². The van der Waals surface area contributed by atoms with Crippen molar-refractivity contribution in [3.63, 3.8) is 0 Å². The molecule has 0 unspecified atom stereocenters. The summed E-state index contributed by atoms with van der Waals surface area (Å²) in [5.41, 5.74) is 1.23. The SMILES string of the molecule is CCOC(=O)/C(=C/Nc1cc(OC)nc(OC)n1)C(=O)Nc1ccccc1C. The van der Waals surface area contributed by atoms with E-state index in [-0.39, 0.29) is 29.9 Å². The van der Waals surface area contributed by atoms with Crippen LogP contribution < -0.4 is 20.1 Å². The van der Waals surface area contributed by atoms with Crippen LogP contribution in [-0.4, -0.2) is 42.7 Å². The number of para-hydroxylation sites is 1. The molecule has 0 fully saturated rings. The zero-order valence-corrected chi connectivity index (χ0v) is 16.1. The molecule has 1 heterocycles. The molecule has 9 nitrogen and oxygen atoms in total. The number of hydrogen-bond donors (Lipinski definition) is 2. The lowest BCUT2D eigenvalue weighted by molar-refractivity contribution is -0.139. The number of anilines is 2. The molecular weight excluding hydrogens is 364 g/mol. The summed E-state index contributed by atoms with van der Waals surface area (Å²) in [6.07, 6.45) is 1.22. The summed E-state index contributed by atoms with van der Waals surface area (Å²) in [5, 5.41) is 5.48. The van der Waals surface area contributed by atoms with Crippen LogP contribution in [0.2, 0.25) is 0 Å². The molecule has 2 aromatic rings. The number of rotatable bonds is 8. The van der Waals surface area contributed by atoms with Gasteiger partial charge in [0.2, 0.25) is 5.88 Å². The highest BCUT2D eigenvalue weighted by atomic mass is 16.5. The first kappa shape index (κ1) is 20.7. The van der Waals surface area contributed by atoms with Gasteiger partial charge in [-0.3, -0.25) is 4.79 Å². The molecule has 0 atom stereocenters. The molecule has 2 N–H and O–H groups in total. The molecule has 2 rings (SSSR count). The molecule has 9 heteroatoms. The summed E-state index contributed by atoms with van der Waals surface area (Å²) in [5.74, 6) is -0.860. The van der Waals surface area contributed by atoms with Crippen LogP contribution in [0.3, 0.4) is 0 Å². The van der Waals surface area contributed by atoms with E-state index in [1.165, 1.54) is 26.5 Å². The Labute approximate surface area is 162 Å². The van der Waals surface area contributed by atoms with Crippen LogP contribution in [0.1, 0.15) is 12.5 Å². The second-order valence-electron chi connectivity index (χ2n) is 5.47. The van der Waals surface area contributed by atoms with Gasteiger partial charge in [-0.1, -0.05) is 18.2 Å². The zero-order valence-electron chi connectivity index (χ0n) is 16.1. The Bertz CT molecular complexity index is 860. The van der Waals surface area contributed by atoms with Crippen molar-refractivity contribution in [1.82, 2.24) is 9.97 Å². The van der Waals surface area contributed by atoms with Crippen LogP contribution in [0.15, 0.2) is 42.1 Å². The Morgan fingerprint density at radius 2 is 1.89 bits per heavy atom. The highest BCUT2D eigenvalue weighted by molar-refractivity contribution is 6.21. The molecule has 0 radical (unpaired) electrons. The Kier molecular flexibility index (Phi) is 7.32. The summed E-state index contributed by atoms with van der Waals surface area (Å²) >= 11 is 0. The smallest absolute Gasteiger partial charge is 0.345 e. The van der Waals surface area contributed by atoms with Crippen molar-refractivity contribution in [1.29, 1.82) is 0 Å². The lowest BCUT2D eigenvalue weighted by Crippen LogP contribution is -2.23. The Morgan fingerprint density at radius 1 is 1.14 bits per heavy atom. The lowest BCUT2D eigenvalue weighted by Gasteiger charge is -2.11. The van der Waals surface area contributed by atoms with Crippen molar-refractivity contribution in [3.8, 4) is 11.9 Å². The highest BCUT2D eigenvalue weighted by Crippen LogP contribution is 2.18. The third kappa shape index (κ3) is 5.44. The summed E-state index contributed by atoms with van der Waals surface area (Å²) in [6, 6.07) is 8.78. The maximum atomic E-state index is 12.6. The molecule has 0 aliphatic carbocycles. The predicted octanol–water partition coefficient (Wildman–Crippen LogP) is 2.30. The highest BCUT2D eigenvalue weighted by Gasteiger charge is 2.20. The van der Waals surface area contributed by atoms with Gasteiger partial charge in [-0.05, 0) is 25.5 Å². The number of esters is 1. The molecule has 0 aliphatic rings. The number of methoxy groups -OCH3 is 2. The molecular formula is C19H22N4O5. The molecule has 0 spiro atoms. The number of aryl methyl sites for hydroxylation is 1. The zero-order chi connectivity index (χ0) is 20.5. The maximum absolute atomic E-state index is 12.6. The second kappa shape index (κ2) is 9.91. The molecule has 0 saturated carbocycles. The quantitative estimate of drug-likeness (QED) is 0.308. The van der Waals surface area contributed by atoms with Crippen molar-refractivity contribution in [3.05, 3.63) is 47.7 Å². The largest absolute Gasteiger partial charge is 0.481 e. The average molecular weight is 386 g/mol. The fourth-order valence-electron chi connectivity index (χ4n) is 2.15. The van der Waals surface area contributed by atoms with Crippen molar-refractivity contribution >= 4 is 23.4 Å². The van der Waals surface area contributed by atoms with Gasteiger partial charge < -0.3 is 24.8 Å². The van der Waals surface area contributed by atoms with Gasteiger partial charge in [0.1, 0.15) is 11.4 Å². The molecule has 0 saturated heterocycles. The second-order valence-corrected chi connectivity index (χ2v) is 5.47. The first-order chi connectivity index (χ1) is 13.5. The van der Waals surface area contributed by atoms with Crippen LogP contribution in [-0.2, 0) is 14.3 Å². The van der Waals surface area contributed by atoms with E-state index < -0.39 is 11.9 Å². The number of benzene rings is 1. The minimum absolute atomic E-state index is 0.0669. The number of amides is 1. The standard InChI is InChI=1S/C19H22N4O5/c1-5-28-18(25)13(17(24)21-14-9-7-6-8-12(14)2)11-20-15-10-16(26-3)23-19(22-15)27-4/h6-11H,5H2,1-4H3,(H,21,24)(H,20,22,23)/b13-11+. The predicted molar refractivity (Wildman–Crippen MR) is 103 cm³/mol. The van der Waals surface area contributed by atoms with E-state index in [0.29, 0.717) is 5.69 Å². The van der Waals surface area contributed by atoms with E-state index in [9.17, 15) is 9.59 Å². The Hall–Kier alpha value is -3.62. The third-order valence-corrected chi connectivity index (χ3v) is 3.57.